The van der Waals surface area contributed by atoms with E-state index >= 15 is 0 Å². The van der Waals surface area contributed by atoms with Crippen molar-refractivity contribution in [3.63, 3.8) is 0 Å². The molecule has 1 aliphatic rings. The Balaban J connectivity index is 1.73. The summed E-state index contributed by atoms with van der Waals surface area (Å²) in [6.07, 6.45) is 2.34. The molecule has 8 heteroatoms. The Morgan fingerprint density at radius 3 is 2.47 bits per heavy atom. The first-order chi connectivity index (χ1) is 17.3. The van der Waals surface area contributed by atoms with Crippen LogP contribution in [0.5, 0.6) is 11.5 Å². The molecule has 188 valence electrons. The van der Waals surface area contributed by atoms with Crippen molar-refractivity contribution in [1.82, 2.24) is 4.90 Å². The van der Waals surface area contributed by atoms with Gasteiger partial charge in [0.05, 0.1) is 32.6 Å². The fourth-order valence-electron chi connectivity index (χ4n) is 4.29. The zero-order valence-corrected chi connectivity index (χ0v) is 20.4. The van der Waals surface area contributed by atoms with Crippen LogP contribution in [0.2, 0.25) is 0 Å². The molecule has 0 aliphatic carbocycles. The van der Waals surface area contributed by atoms with E-state index in [1.807, 2.05) is 0 Å². The van der Waals surface area contributed by atoms with Gasteiger partial charge in [-0.15, -0.1) is 0 Å². The first kappa shape index (κ1) is 25.2. The van der Waals surface area contributed by atoms with E-state index in [1.165, 1.54) is 30.4 Å². The molecular weight excluding hydrogens is 465 g/mol. The molecule has 7 nitrogen and oxygen atoms in total. The third-order valence-corrected chi connectivity index (χ3v) is 6.21. The number of furan rings is 1. The number of hydrogen-bond acceptors (Lipinski definition) is 6. The van der Waals surface area contributed by atoms with Gasteiger partial charge in [0.2, 0.25) is 5.78 Å². The molecule has 1 amide bonds. The Kier molecular flexibility index (Phi) is 7.52. The third kappa shape index (κ3) is 5.17. The van der Waals surface area contributed by atoms with Crippen LogP contribution in [-0.2, 0) is 16.1 Å². The summed E-state index contributed by atoms with van der Waals surface area (Å²) < 4.78 is 30.3. The first-order valence-corrected chi connectivity index (χ1v) is 11.8. The van der Waals surface area contributed by atoms with Crippen molar-refractivity contribution >= 4 is 17.5 Å². The number of nitrogens with zero attached hydrogens (tertiary/aromatic N) is 1. The monoisotopic (exact) mass is 493 g/mol. The third-order valence-electron chi connectivity index (χ3n) is 6.21. The number of carbonyl (C=O) groups excluding carboxylic acids is 3. The maximum atomic E-state index is 13.5. The van der Waals surface area contributed by atoms with Gasteiger partial charge >= 0.3 is 0 Å². The number of halogens is 1. The number of likely N-dealkylation sites (tertiary alicyclic amines) is 1. The van der Waals surface area contributed by atoms with Gasteiger partial charge in [-0.2, -0.15) is 0 Å². The molecule has 0 bridgehead atoms. The summed E-state index contributed by atoms with van der Waals surface area (Å²) in [7, 11) is 1.50. The van der Waals surface area contributed by atoms with Crippen LogP contribution in [0, 0.1) is 17.7 Å². The summed E-state index contributed by atoms with van der Waals surface area (Å²) in [6, 6.07) is 12.5. The summed E-state index contributed by atoms with van der Waals surface area (Å²) in [5.41, 5.74) is 0.683. The lowest BCUT2D eigenvalue weighted by Crippen LogP contribution is -2.30. The average molecular weight is 494 g/mol. The van der Waals surface area contributed by atoms with Crippen LogP contribution in [-0.4, -0.2) is 36.1 Å². The lowest BCUT2D eigenvalue weighted by molar-refractivity contribution is -0.141. The van der Waals surface area contributed by atoms with Crippen LogP contribution in [0.4, 0.5) is 4.39 Å². The number of Topliss-reactive ketones (excluding diaryl/α,β-unsaturated/α-hetero) is 2. The quantitative estimate of drug-likeness (QED) is 0.224. The lowest BCUT2D eigenvalue weighted by atomic mass is 9.86. The summed E-state index contributed by atoms with van der Waals surface area (Å²) >= 11 is 0. The Morgan fingerprint density at radius 2 is 1.83 bits per heavy atom. The van der Waals surface area contributed by atoms with E-state index in [-0.39, 0.29) is 12.1 Å². The van der Waals surface area contributed by atoms with Crippen molar-refractivity contribution in [1.29, 1.82) is 0 Å². The molecule has 2 unspecified atom stereocenters. The molecular formula is C28H28FNO6. The van der Waals surface area contributed by atoms with Crippen molar-refractivity contribution in [2.24, 2.45) is 11.8 Å². The summed E-state index contributed by atoms with van der Waals surface area (Å²) in [5, 5.41) is 0. The van der Waals surface area contributed by atoms with Gasteiger partial charge < -0.3 is 18.8 Å². The zero-order chi connectivity index (χ0) is 25.8. The Hall–Kier alpha value is -3.94. The fourth-order valence-corrected chi connectivity index (χ4v) is 4.29. The van der Waals surface area contributed by atoms with Gasteiger partial charge in [0.25, 0.3) is 5.91 Å². The molecule has 0 spiro atoms. The lowest BCUT2D eigenvalue weighted by Gasteiger charge is -2.27. The predicted octanol–water partition coefficient (Wildman–Crippen LogP) is 5.00. The number of amides is 1. The van der Waals surface area contributed by atoms with Crippen LogP contribution in [0.3, 0.4) is 0 Å². The van der Waals surface area contributed by atoms with Gasteiger partial charge in [0.15, 0.2) is 17.3 Å². The number of benzene rings is 2. The number of ketones is 2. The highest BCUT2D eigenvalue weighted by molar-refractivity contribution is 6.44. The van der Waals surface area contributed by atoms with Crippen LogP contribution >= 0.6 is 0 Å². The Morgan fingerprint density at radius 1 is 1.08 bits per heavy atom. The smallest absolute Gasteiger partial charge is 0.291 e. The van der Waals surface area contributed by atoms with Gasteiger partial charge in [-0.25, -0.2) is 4.39 Å². The van der Waals surface area contributed by atoms with E-state index < -0.39 is 35.3 Å². The Labute approximate surface area is 208 Å². The van der Waals surface area contributed by atoms with Crippen molar-refractivity contribution in [2.75, 3.05) is 13.7 Å². The van der Waals surface area contributed by atoms with Crippen LogP contribution in [0.1, 0.15) is 48.0 Å². The van der Waals surface area contributed by atoms with E-state index in [0.29, 0.717) is 35.3 Å². The average Bonchev–Trinajstić information content (AvgIpc) is 3.46. The molecule has 36 heavy (non-hydrogen) atoms. The highest BCUT2D eigenvalue weighted by Crippen LogP contribution is 2.42. The summed E-state index contributed by atoms with van der Waals surface area (Å²) in [6.45, 7) is 4.71. The van der Waals surface area contributed by atoms with E-state index in [0.717, 1.165) is 18.6 Å². The van der Waals surface area contributed by atoms with Crippen molar-refractivity contribution < 1.29 is 32.7 Å². The van der Waals surface area contributed by atoms with Gasteiger partial charge in [0, 0.05) is 5.56 Å². The molecule has 3 aromatic rings. The van der Waals surface area contributed by atoms with Crippen molar-refractivity contribution in [3.05, 3.63) is 83.6 Å². The molecule has 1 saturated heterocycles. The van der Waals surface area contributed by atoms with Crippen LogP contribution < -0.4 is 9.47 Å². The number of hydrogen-bond donors (Lipinski definition) is 0. The van der Waals surface area contributed by atoms with E-state index in [4.69, 9.17) is 13.9 Å². The van der Waals surface area contributed by atoms with Gasteiger partial charge in [-0.05, 0) is 66.4 Å². The van der Waals surface area contributed by atoms with Crippen molar-refractivity contribution in [3.8, 4) is 11.5 Å². The maximum absolute atomic E-state index is 13.5. The van der Waals surface area contributed by atoms with Gasteiger partial charge in [-0.3, -0.25) is 14.4 Å². The van der Waals surface area contributed by atoms with Crippen LogP contribution in [0.15, 0.2) is 65.3 Å². The maximum Gasteiger partial charge on any atom is 0.291 e. The Bertz CT molecular complexity index is 1240. The van der Waals surface area contributed by atoms with Gasteiger partial charge in [0.1, 0.15) is 17.5 Å². The number of ether oxygens (including phenoxy) is 2. The molecule has 0 radical (unpaired) electrons. The highest BCUT2D eigenvalue weighted by Gasteiger charge is 2.52. The molecule has 2 aromatic carbocycles. The van der Waals surface area contributed by atoms with E-state index in [2.05, 4.69) is 13.8 Å². The number of methoxy groups -OCH3 is 1. The number of carbonyl (C=O) groups is 3. The summed E-state index contributed by atoms with van der Waals surface area (Å²) in [4.78, 5) is 41.1. The second-order valence-electron chi connectivity index (χ2n) is 9.11. The molecule has 1 aliphatic heterocycles. The fraction of sp³-hybridized carbons (Fsp3) is 0.321. The SMILES string of the molecule is COc1cc(C2C(C(=O)c3ccc(F)cc3)C(=O)C(=O)N2Cc2ccco2)ccc1OCCC(C)C. The molecule has 2 heterocycles. The molecule has 2 atom stereocenters. The molecule has 1 aromatic heterocycles. The first-order valence-electron chi connectivity index (χ1n) is 11.8. The predicted molar refractivity (Wildman–Crippen MR) is 129 cm³/mol. The van der Waals surface area contributed by atoms with Crippen LogP contribution in [0.25, 0.3) is 0 Å². The van der Waals surface area contributed by atoms with Crippen molar-refractivity contribution in [2.45, 2.75) is 32.9 Å². The number of rotatable bonds is 10. The molecule has 0 saturated carbocycles. The largest absolute Gasteiger partial charge is 0.493 e. The highest BCUT2D eigenvalue weighted by atomic mass is 19.1. The molecule has 0 N–H and O–H groups in total. The topological polar surface area (TPSA) is 86.1 Å². The zero-order valence-electron chi connectivity index (χ0n) is 20.4. The minimum Gasteiger partial charge on any atom is -0.493 e. The minimum absolute atomic E-state index is 0.00436. The van der Waals surface area contributed by atoms with Gasteiger partial charge in [-0.1, -0.05) is 19.9 Å². The normalized spacial score (nSPS) is 17.6. The standard InChI is InChI=1S/C28H28FNO6/c1-17(2)12-14-36-22-11-8-19(15-23(22)34-3)25-24(26(31)18-6-9-20(29)10-7-18)27(32)28(33)30(25)16-21-5-4-13-35-21/h4-11,13,15,17,24-25H,12,14,16H2,1-3H3. The minimum atomic E-state index is -1.31. The molecule has 4 rings (SSSR count). The van der Waals surface area contributed by atoms with E-state index in [9.17, 15) is 18.8 Å². The molecule has 1 fully saturated rings. The van der Waals surface area contributed by atoms with E-state index in [1.54, 1.807) is 30.3 Å². The second kappa shape index (κ2) is 10.8. The second-order valence-corrected chi connectivity index (χ2v) is 9.11. The summed E-state index contributed by atoms with van der Waals surface area (Å²) in [5.74, 6) is -2.09.